The summed E-state index contributed by atoms with van der Waals surface area (Å²) < 4.78 is 40.0. The molecular formula is C43H39N7O10. The van der Waals surface area contributed by atoms with E-state index >= 15 is 0 Å². The number of para-hydroxylation sites is 4. The van der Waals surface area contributed by atoms with Gasteiger partial charge >= 0.3 is 0 Å². The Morgan fingerprint density at radius 1 is 0.600 bits per heavy atom. The van der Waals surface area contributed by atoms with E-state index in [1.807, 2.05) is 54.6 Å². The number of fused-ring (bicyclic) bond motifs is 4. The number of benzene rings is 5. The molecule has 2 aliphatic heterocycles. The fraction of sp³-hybridized carbons (Fsp3) is 0.209. The Bertz CT molecular complexity index is 2600. The zero-order chi connectivity index (χ0) is 41.1. The fourth-order valence-electron chi connectivity index (χ4n) is 6.23. The molecule has 4 heterocycles. The minimum Gasteiger partial charge on any atom is -0.506 e. The van der Waals surface area contributed by atoms with E-state index in [-0.39, 0.29) is 18.0 Å². The maximum Gasteiger partial charge on any atom is 0.269 e. The van der Waals surface area contributed by atoms with Crippen molar-refractivity contribution in [2.24, 2.45) is 0 Å². The van der Waals surface area contributed by atoms with Gasteiger partial charge in [-0.15, -0.1) is 0 Å². The van der Waals surface area contributed by atoms with Gasteiger partial charge in [0.2, 0.25) is 0 Å². The number of nitro benzene ring substituents is 1. The van der Waals surface area contributed by atoms with Crippen LogP contribution in [0.15, 0.2) is 110 Å². The van der Waals surface area contributed by atoms with Gasteiger partial charge in [-0.25, -0.2) is 19.9 Å². The summed E-state index contributed by atoms with van der Waals surface area (Å²) in [6.07, 6.45) is 2.95. The summed E-state index contributed by atoms with van der Waals surface area (Å²) in [4.78, 5) is 27.9. The van der Waals surface area contributed by atoms with Crippen LogP contribution >= 0.6 is 0 Å². The van der Waals surface area contributed by atoms with Crippen LogP contribution in [0.25, 0.3) is 21.8 Å². The Hall–Kier alpha value is -7.50. The third-order valence-electron chi connectivity index (χ3n) is 9.18. The summed E-state index contributed by atoms with van der Waals surface area (Å²) in [7, 11) is 0. The minimum atomic E-state index is -0.428. The molecule has 0 bridgehead atoms. The van der Waals surface area contributed by atoms with E-state index in [0.717, 1.165) is 21.9 Å². The number of ether oxygens (including phenoxy) is 7. The monoisotopic (exact) mass is 813 g/mol. The maximum absolute atomic E-state index is 10.9. The lowest BCUT2D eigenvalue weighted by molar-refractivity contribution is -0.384. The molecule has 0 saturated heterocycles. The highest BCUT2D eigenvalue weighted by molar-refractivity contribution is 5.94. The molecule has 0 spiro atoms. The van der Waals surface area contributed by atoms with E-state index in [2.05, 4.69) is 30.6 Å². The van der Waals surface area contributed by atoms with Crippen LogP contribution in [0.4, 0.5) is 28.7 Å². The molecule has 0 aliphatic carbocycles. The number of hydrogen-bond acceptors (Lipinski definition) is 16. The van der Waals surface area contributed by atoms with Crippen molar-refractivity contribution in [1.29, 1.82) is 0 Å². The van der Waals surface area contributed by atoms with E-state index in [1.165, 1.54) is 24.8 Å². The third kappa shape index (κ3) is 9.61. The van der Waals surface area contributed by atoms with Gasteiger partial charge in [-0.3, -0.25) is 10.1 Å². The number of nitrogens with one attached hydrogen (secondary N) is 2. The van der Waals surface area contributed by atoms with E-state index < -0.39 is 4.92 Å². The molecule has 2 aliphatic rings. The number of anilines is 4. The Morgan fingerprint density at radius 2 is 1.08 bits per heavy atom. The van der Waals surface area contributed by atoms with Crippen LogP contribution in [0.2, 0.25) is 0 Å². The minimum absolute atomic E-state index is 0.0394. The second kappa shape index (κ2) is 18.8. The van der Waals surface area contributed by atoms with Crippen molar-refractivity contribution in [2.75, 3.05) is 63.5 Å². The molecule has 306 valence electrons. The maximum atomic E-state index is 10.9. The highest BCUT2D eigenvalue weighted by Crippen LogP contribution is 2.38. The van der Waals surface area contributed by atoms with Crippen molar-refractivity contribution in [3.05, 3.63) is 125 Å². The molecule has 17 heteroatoms. The average molecular weight is 814 g/mol. The first-order valence-corrected chi connectivity index (χ1v) is 19.0. The Labute approximate surface area is 343 Å². The second-order valence-electron chi connectivity index (χ2n) is 13.2. The molecule has 2 aromatic heterocycles. The molecule has 17 nitrogen and oxygen atoms in total. The van der Waals surface area contributed by atoms with Gasteiger partial charge in [0.05, 0.1) is 53.8 Å². The normalized spacial score (nSPS) is 13.8. The predicted octanol–water partition coefficient (Wildman–Crippen LogP) is 7.52. The first-order valence-electron chi connectivity index (χ1n) is 19.0. The summed E-state index contributed by atoms with van der Waals surface area (Å²) in [6, 6.07) is 28.1. The number of nitrogens with zero attached hydrogens (tertiary/aromatic N) is 5. The summed E-state index contributed by atoms with van der Waals surface area (Å²) in [5, 5.41) is 28.8. The molecule has 3 N–H and O–H groups in total. The van der Waals surface area contributed by atoms with Crippen molar-refractivity contribution in [3.8, 4) is 34.5 Å². The van der Waals surface area contributed by atoms with Crippen LogP contribution in [0.5, 0.6) is 34.5 Å². The fourth-order valence-corrected chi connectivity index (χ4v) is 6.23. The van der Waals surface area contributed by atoms with Gasteiger partial charge < -0.3 is 48.9 Å². The van der Waals surface area contributed by atoms with Gasteiger partial charge in [0.25, 0.3) is 5.69 Å². The molecule has 9 rings (SSSR count). The highest BCUT2D eigenvalue weighted by Gasteiger charge is 2.17. The molecule has 0 saturated carbocycles. The van der Waals surface area contributed by atoms with E-state index in [1.54, 1.807) is 30.3 Å². The second-order valence-corrected chi connectivity index (χ2v) is 13.2. The average Bonchev–Trinajstić information content (AvgIpc) is 3.46. The number of phenols is 1. The number of phenolic OH excluding ortho intramolecular Hbond substituents is 1. The lowest BCUT2D eigenvalue weighted by Crippen LogP contribution is -2.08. The van der Waals surface area contributed by atoms with E-state index in [0.29, 0.717) is 110 Å². The largest absolute Gasteiger partial charge is 0.506 e. The number of non-ortho nitro benzene ring substituents is 1. The topological polar surface area (TPSA) is 204 Å². The molecule has 7 aromatic rings. The molecule has 0 atom stereocenters. The number of rotatable bonds is 8. The molecule has 0 fully saturated rings. The number of aromatic nitrogens is 4. The Morgan fingerprint density at radius 3 is 1.62 bits per heavy atom. The number of nitro groups is 1. The van der Waals surface area contributed by atoms with Crippen LogP contribution in [0, 0.1) is 10.1 Å². The summed E-state index contributed by atoms with van der Waals surface area (Å²) in [5.74, 6) is 4.38. The third-order valence-corrected chi connectivity index (χ3v) is 9.18. The standard InChI is InChI=1S/C25H22N4O6.C18H17N3O4/c30-29(31)18-7-5-17(6-8-18)15-35-22-4-2-1-3-20(22)28-25-19-13-23-24(14-21(19)26-16-27-25)34-12-10-32-9-11-33-23;22-15-4-2-1-3-13(15)21-18-12-9-16-17(10-14(12)19-11-20-18)25-8-6-23-5-7-24-16/h1-8,13-14,16H,9-12,15H2,(H,26,27,28);1-4,9-11,22H,5-8H2,(H,19,20,21). The van der Waals surface area contributed by atoms with Crippen molar-refractivity contribution in [3.63, 3.8) is 0 Å². The van der Waals surface area contributed by atoms with Crippen LogP contribution in [-0.2, 0) is 16.1 Å². The molecular weight excluding hydrogens is 775 g/mol. The van der Waals surface area contributed by atoms with Gasteiger partial charge in [0.1, 0.15) is 68.8 Å². The van der Waals surface area contributed by atoms with Gasteiger partial charge in [0.15, 0.2) is 23.0 Å². The van der Waals surface area contributed by atoms with Gasteiger partial charge in [-0.1, -0.05) is 24.3 Å². The Kier molecular flexibility index (Phi) is 12.3. The summed E-state index contributed by atoms with van der Waals surface area (Å²) in [6.45, 7) is 4.00. The zero-order valence-corrected chi connectivity index (χ0v) is 32.1. The molecule has 0 unspecified atom stereocenters. The smallest absolute Gasteiger partial charge is 0.269 e. The zero-order valence-electron chi connectivity index (χ0n) is 32.1. The first kappa shape index (κ1) is 39.3. The number of hydrogen-bond donors (Lipinski definition) is 3. The lowest BCUT2D eigenvalue weighted by atomic mass is 10.2. The molecule has 5 aromatic carbocycles. The summed E-state index contributed by atoms with van der Waals surface area (Å²) in [5.41, 5.74) is 3.55. The van der Waals surface area contributed by atoms with E-state index in [9.17, 15) is 15.2 Å². The van der Waals surface area contributed by atoms with Gasteiger partial charge in [0, 0.05) is 35.0 Å². The quantitative estimate of drug-likeness (QED) is 0.0771. The summed E-state index contributed by atoms with van der Waals surface area (Å²) >= 11 is 0. The van der Waals surface area contributed by atoms with Gasteiger partial charge in [-0.05, 0) is 54.1 Å². The van der Waals surface area contributed by atoms with Crippen molar-refractivity contribution < 1.29 is 43.2 Å². The first-order chi connectivity index (χ1) is 29.5. The van der Waals surface area contributed by atoms with Crippen LogP contribution < -0.4 is 34.3 Å². The van der Waals surface area contributed by atoms with Crippen LogP contribution in [0.1, 0.15) is 5.56 Å². The van der Waals surface area contributed by atoms with Crippen molar-refractivity contribution in [1.82, 2.24) is 19.9 Å². The number of aromatic hydroxyl groups is 1. The Balaban J connectivity index is 0.000000176. The van der Waals surface area contributed by atoms with Crippen molar-refractivity contribution in [2.45, 2.75) is 6.61 Å². The SMILES string of the molecule is O=[N+]([O-])c1ccc(COc2ccccc2Nc2ncnc3cc4c(cc23)OCCOCCO4)cc1.Oc1ccccc1Nc1ncnc2cc3c(cc12)OCCOCCO3. The predicted molar refractivity (Wildman–Crippen MR) is 221 cm³/mol. The lowest BCUT2D eigenvalue weighted by Gasteiger charge is -2.15. The van der Waals surface area contributed by atoms with Crippen molar-refractivity contribution >= 4 is 50.5 Å². The molecule has 0 radical (unpaired) electrons. The highest BCUT2D eigenvalue weighted by atomic mass is 16.6. The van der Waals surface area contributed by atoms with Crippen LogP contribution in [0.3, 0.4) is 0 Å². The molecule has 60 heavy (non-hydrogen) atoms. The van der Waals surface area contributed by atoms with Gasteiger partial charge in [-0.2, -0.15) is 0 Å². The van der Waals surface area contributed by atoms with Crippen LogP contribution in [-0.4, -0.2) is 82.8 Å². The molecule has 0 amide bonds. The van der Waals surface area contributed by atoms with E-state index in [4.69, 9.17) is 33.2 Å².